The van der Waals surface area contributed by atoms with Gasteiger partial charge in [0.2, 0.25) is 5.89 Å². The maximum absolute atomic E-state index is 5.88. The molecule has 0 radical (unpaired) electrons. The summed E-state index contributed by atoms with van der Waals surface area (Å²) in [6, 6.07) is 7.33. The van der Waals surface area contributed by atoms with Gasteiger partial charge < -0.3 is 10.3 Å². The fourth-order valence-corrected chi connectivity index (χ4v) is 1.57. The van der Waals surface area contributed by atoms with Crippen LogP contribution in [-0.4, -0.2) is 10.1 Å². The van der Waals surface area contributed by atoms with Crippen molar-refractivity contribution in [2.45, 2.75) is 19.4 Å². The molecule has 84 valence electrons. The molecule has 5 heteroatoms. The highest BCUT2D eigenvalue weighted by Crippen LogP contribution is 2.14. The molecule has 0 amide bonds. The standard InChI is InChI=1S/C11H12ClN3O/c1-7(13)11-14-10(15-16-11)6-8-3-2-4-9(12)5-8/h2-5,7H,6,13H2,1H3/t7-/m0/s1. The third-order valence-corrected chi connectivity index (χ3v) is 2.36. The number of nitrogens with zero attached hydrogens (tertiary/aromatic N) is 2. The Morgan fingerprint density at radius 3 is 2.94 bits per heavy atom. The van der Waals surface area contributed by atoms with Crippen LogP contribution in [0.4, 0.5) is 0 Å². The van der Waals surface area contributed by atoms with Gasteiger partial charge in [0.1, 0.15) is 0 Å². The first-order valence-electron chi connectivity index (χ1n) is 4.97. The van der Waals surface area contributed by atoms with Crippen LogP contribution in [0.5, 0.6) is 0 Å². The smallest absolute Gasteiger partial charge is 0.243 e. The molecule has 1 atom stereocenters. The lowest BCUT2D eigenvalue weighted by molar-refractivity contribution is 0.358. The van der Waals surface area contributed by atoms with Gasteiger partial charge in [-0.1, -0.05) is 28.9 Å². The summed E-state index contributed by atoms with van der Waals surface area (Å²) in [5.41, 5.74) is 6.67. The molecule has 2 N–H and O–H groups in total. The van der Waals surface area contributed by atoms with Crippen molar-refractivity contribution in [1.82, 2.24) is 10.1 Å². The molecule has 0 saturated carbocycles. The first-order chi connectivity index (χ1) is 7.65. The molecule has 2 rings (SSSR count). The average molecular weight is 238 g/mol. The molecule has 0 bridgehead atoms. The Bertz CT molecular complexity index is 482. The van der Waals surface area contributed by atoms with Gasteiger partial charge in [-0.05, 0) is 24.6 Å². The molecule has 0 saturated heterocycles. The van der Waals surface area contributed by atoms with Crippen molar-refractivity contribution in [3.05, 3.63) is 46.6 Å². The van der Waals surface area contributed by atoms with Crippen LogP contribution in [0, 0.1) is 0 Å². The minimum absolute atomic E-state index is 0.236. The monoisotopic (exact) mass is 237 g/mol. The Hall–Kier alpha value is -1.39. The molecule has 0 fully saturated rings. The molecular weight excluding hydrogens is 226 g/mol. The van der Waals surface area contributed by atoms with E-state index >= 15 is 0 Å². The number of aromatic nitrogens is 2. The average Bonchev–Trinajstić information content (AvgIpc) is 2.66. The van der Waals surface area contributed by atoms with Crippen LogP contribution in [0.3, 0.4) is 0 Å². The van der Waals surface area contributed by atoms with E-state index in [0.717, 1.165) is 5.56 Å². The van der Waals surface area contributed by atoms with Gasteiger partial charge in [-0.2, -0.15) is 4.98 Å². The number of rotatable bonds is 3. The lowest BCUT2D eigenvalue weighted by atomic mass is 10.1. The number of hydrogen-bond acceptors (Lipinski definition) is 4. The maximum atomic E-state index is 5.88. The summed E-state index contributed by atoms with van der Waals surface area (Å²) in [6.07, 6.45) is 0.594. The van der Waals surface area contributed by atoms with Gasteiger partial charge in [-0.25, -0.2) is 0 Å². The van der Waals surface area contributed by atoms with E-state index in [4.69, 9.17) is 21.9 Å². The molecular formula is C11H12ClN3O. The van der Waals surface area contributed by atoms with Gasteiger partial charge >= 0.3 is 0 Å². The van der Waals surface area contributed by atoms with Crippen molar-refractivity contribution in [3.8, 4) is 0 Å². The van der Waals surface area contributed by atoms with E-state index in [9.17, 15) is 0 Å². The molecule has 0 spiro atoms. The van der Waals surface area contributed by atoms with Crippen LogP contribution in [0.15, 0.2) is 28.8 Å². The Morgan fingerprint density at radius 2 is 2.31 bits per heavy atom. The molecule has 0 unspecified atom stereocenters. The second kappa shape index (κ2) is 4.63. The maximum Gasteiger partial charge on any atom is 0.243 e. The quantitative estimate of drug-likeness (QED) is 0.890. The van der Waals surface area contributed by atoms with Crippen LogP contribution in [0.2, 0.25) is 5.02 Å². The van der Waals surface area contributed by atoms with Crippen molar-refractivity contribution in [1.29, 1.82) is 0 Å². The summed E-state index contributed by atoms with van der Waals surface area (Å²) in [4.78, 5) is 4.19. The zero-order valence-corrected chi connectivity index (χ0v) is 9.61. The number of halogens is 1. The molecule has 1 aromatic carbocycles. The highest BCUT2D eigenvalue weighted by Gasteiger charge is 2.10. The zero-order chi connectivity index (χ0) is 11.5. The van der Waals surface area contributed by atoms with E-state index in [2.05, 4.69) is 10.1 Å². The van der Waals surface area contributed by atoms with E-state index < -0.39 is 0 Å². The molecule has 4 nitrogen and oxygen atoms in total. The van der Waals surface area contributed by atoms with Crippen LogP contribution >= 0.6 is 11.6 Å². The summed E-state index contributed by atoms with van der Waals surface area (Å²) in [7, 11) is 0. The highest BCUT2D eigenvalue weighted by atomic mass is 35.5. The van der Waals surface area contributed by atoms with Gasteiger partial charge in [-0.15, -0.1) is 0 Å². The lowest BCUT2D eigenvalue weighted by Gasteiger charge is -1.97. The number of benzene rings is 1. The van der Waals surface area contributed by atoms with E-state index in [0.29, 0.717) is 23.2 Å². The zero-order valence-electron chi connectivity index (χ0n) is 8.85. The number of hydrogen-bond donors (Lipinski definition) is 1. The van der Waals surface area contributed by atoms with Crippen LogP contribution in [0.1, 0.15) is 30.2 Å². The first kappa shape index (κ1) is 11.1. The van der Waals surface area contributed by atoms with Crippen molar-refractivity contribution >= 4 is 11.6 Å². The minimum Gasteiger partial charge on any atom is -0.338 e. The fourth-order valence-electron chi connectivity index (χ4n) is 1.35. The van der Waals surface area contributed by atoms with Crippen molar-refractivity contribution in [2.75, 3.05) is 0 Å². The normalized spacial score (nSPS) is 12.7. The summed E-state index contributed by atoms with van der Waals surface area (Å²) in [5.74, 6) is 1.08. The van der Waals surface area contributed by atoms with Crippen molar-refractivity contribution < 1.29 is 4.52 Å². The van der Waals surface area contributed by atoms with Gasteiger partial charge in [0, 0.05) is 11.4 Å². The third kappa shape index (κ3) is 2.59. The predicted molar refractivity (Wildman–Crippen MR) is 61.2 cm³/mol. The molecule has 1 aromatic heterocycles. The largest absolute Gasteiger partial charge is 0.338 e. The Balaban J connectivity index is 2.14. The van der Waals surface area contributed by atoms with Crippen LogP contribution in [-0.2, 0) is 6.42 Å². The lowest BCUT2D eigenvalue weighted by Crippen LogP contribution is -2.05. The Kier molecular flexibility index (Phi) is 3.22. The SMILES string of the molecule is C[C@H](N)c1nc(Cc2cccc(Cl)c2)no1. The van der Waals surface area contributed by atoms with Crippen LogP contribution < -0.4 is 5.73 Å². The topological polar surface area (TPSA) is 64.9 Å². The molecule has 2 aromatic rings. The first-order valence-corrected chi connectivity index (χ1v) is 5.35. The molecule has 16 heavy (non-hydrogen) atoms. The Morgan fingerprint density at radius 1 is 1.50 bits per heavy atom. The molecule has 0 aliphatic heterocycles. The van der Waals surface area contributed by atoms with Gasteiger partial charge in [0.25, 0.3) is 0 Å². The minimum atomic E-state index is -0.236. The van der Waals surface area contributed by atoms with Crippen molar-refractivity contribution in [3.63, 3.8) is 0 Å². The summed E-state index contributed by atoms with van der Waals surface area (Å²) in [6.45, 7) is 1.80. The van der Waals surface area contributed by atoms with Crippen LogP contribution in [0.25, 0.3) is 0 Å². The second-order valence-corrected chi connectivity index (χ2v) is 4.08. The fraction of sp³-hybridized carbons (Fsp3) is 0.273. The molecule has 0 aliphatic rings. The van der Waals surface area contributed by atoms with Gasteiger partial charge in [-0.3, -0.25) is 0 Å². The summed E-state index contributed by atoms with van der Waals surface area (Å²) < 4.78 is 5.01. The Labute approximate surface area is 98.4 Å². The summed E-state index contributed by atoms with van der Waals surface area (Å²) in [5, 5.41) is 4.56. The predicted octanol–water partition coefficient (Wildman–Crippen LogP) is 2.33. The summed E-state index contributed by atoms with van der Waals surface area (Å²) >= 11 is 5.88. The van der Waals surface area contributed by atoms with Gasteiger partial charge in [0.05, 0.1) is 6.04 Å². The third-order valence-electron chi connectivity index (χ3n) is 2.12. The second-order valence-electron chi connectivity index (χ2n) is 3.64. The van der Waals surface area contributed by atoms with E-state index in [1.807, 2.05) is 24.3 Å². The number of nitrogens with two attached hydrogens (primary N) is 1. The van der Waals surface area contributed by atoms with Gasteiger partial charge in [0.15, 0.2) is 5.82 Å². The highest BCUT2D eigenvalue weighted by molar-refractivity contribution is 6.30. The van der Waals surface area contributed by atoms with Crippen molar-refractivity contribution in [2.24, 2.45) is 5.73 Å². The van der Waals surface area contributed by atoms with E-state index in [1.165, 1.54) is 0 Å². The molecule has 0 aliphatic carbocycles. The molecule has 1 heterocycles. The van der Waals surface area contributed by atoms with E-state index in [1.54, 1.807) is 6.92 Å². The van der Waals surface area contributed by atoms with E-state index in [-0.39, 0.29) is 6.04 Å².